The SMILES string of the molecule is CSc1ccc(-c2nc(CSCC(=O)N[C@@H]3CCC[C@@H](C)[C@@H]3C)c(C)o2)cc1. The zero-order chi connectivity index (χ0) is 20.1. The van der Waals surface area contributed by atoms with Crippen LogP contribution in [0, 0.1) is 18.8 Å². The molecule has 1 aromatic carbocycles. The predicted octanol–water partition coefficient (Wildman–Crippen LogP) is 5.55. The molecule has 3 atom stereocenters. The van der Waals surface area contributed by atoms with Crippen LogP contribution in [0.5, 0.6) is 0 Å². The van der Waals surface area contributed by atoms with Crippen molar-refractivity contribution in [1.82, 2.24) is 10.3 Å². The van der Waals surface area contributed by atoms with E-state index in [1.54, 1.807) is 23.5 Å². The van der Waals surface area contributed by atoms with E-state index in [1.807, 2.05) is 19.1 Å². The second-order valence-corrected chi connectivity index (χ2v) is 9.55. The van der Waals surface area contributed by atoms with Crippen molar-refractivity contribution >= 4 is 29.4 Å². The Labute approximate surface area is 176 Å². The highest BCUT2D eigenvalue weighted by molar-refractivity contribution is 7.99. The fraction of sp³-hybridized carbons (Fsp3) is 0.545. The number of oxazole rings is 1. The topological polar surface area (TPSA) is 55.1 Å². The number of hydrogen-bond donors (Lipinski definition) is 1. The summed E-state index contributed by atoms with van der Waals surface area (Å²) >= 11 is 3.31. The van der Waals surface area contributed by atoms with Crippen LogP contribution in [-0.2, 0) is 10.5 Å². The molecule has 6 heteroatoms. The third-order valence-electron chi connectivity index (χ3n) is 5.75. The number of thioether (sulfide) groups is 2. The lowest BCUT2D eigenvalue weighted by atomic mass is 9.78. The van der Waals surface area contributed by atoms with Gasteiger partial charge in [0.1, 0.15) is 5.76 Å². The lowest BCUT2D eigenvalue weighted by Crippen LogP contribution is -2.44. The Hall–Kier alpha value is -1.40. The fourth-order valence-electron chi connectivity index (χ4n) is 3.69. The molecule has 2 aromatic rings. The Morgan fingerprint density at radius 1 is 1.25 bits per heavy atom. The van der Waals surface area contributed by atoms with Gasteiger partial charge in [0.05, 0.1) is 11.4 Å². The molecular weight excluding hydrogens is 388 g/mol. The van der Waals surface area contributed by atoms with Gasteiger partial charge in [0.25, 0.3) is 0 Å². The van der Waals surface area contributed by atoms with Crippen LogP contribution < -0.4 is 5.32 Å². The van der Waals surface area contributed by atoms with Gasteiger partial charge in [-0.3, -0.25) is 4.79 Å². The van der Waals surface area contributed by atoms with E-state index in [9.17, 15) is 4.79 Å². The van der Waals surface area contributed by atoms with Crippen LogP contribution in [0.15, 0.2) is 33.6 Å². The largest absolute Gasteiger partial charge is 0.441 e. The number of benzene rings is 1. The molecule has 1 amide bonds. The average Bonchev–Trinajstić information content (AvgIpc) is 3.06. The highest BCUT2D eigenvalue weighted by Crippen LogP contribution is 2.30. The van der Waals surface area contributed by atoms with Gasteiger partial charge in [0, 0.05) is 22.3 Å². The summed E-state index contributed by atoms with van der Waals surface area (Å²) in [6.07, 6.45) is 5.65. The quantitative estimate of drug-likeness (QED) is 0.598. The Morgan fingerprint density at radius 3 is 2.71 bits per heavy atom. The van der Waals surface area contributed by atoms with Gasteiger partial charge in [-0.2, -0.15) is 0 Å². The van der Waals surface area contributed by atoms with Crippen molar-refractivity contribution in [2.24, 2.45) is 11.8 Å². The lowest BCUT2D eigenvalue weighted by Gasteiger charge is -2.34. The molecule has 1 fully saturated rings. The second kappa shape index (κ2) is 9.88. The van der Waals surface area contributed by atoms with Crippen LogP contribution >= 0.6 is 23.5 Å². The second-order valence-electron chi connectivity index (χ2n) is 7.68. The number of nitrogens with one attached hydrogen (secondary N) is 1. The first kappa shape index (κ1) is 21.3. The first-order chi connectivity index (χ1) is 13.5. The van der Waals surface area contributed by atoms with Crippen molar-refractivity contribution < 1.29 is 9.21 Å². The molecule has 152 valence electrons. The standard InChI is InChI=1S/C22H30N2O2S2/c1-14-6-5-7-19(15(14)2)23-21(25)13-28-12-20-16(3)26-22(24-20)17-8-10-18(27-4)11-9-17/h8-11,14-15,19H,5-7,12-13H2,1-4H3,(H,23,25)/t14-,15+,19-/m1/s1. The van der Waals surface area contributed by atoms with Crippen LogP contribution in [0.1, 0.15) is 44.6 Å². The molecule has 1 aliphatic carbocycles. The predicted molar refractivity (Wildman–Crippen MR) is 119 cm³/mol. The maximum atomic E-state index is 12.3. The molecule has 1 N–H and O–H groups in total. The average molecular weight is 419 g/mol. The van der Waals surface area contributed by atoms with E-state index in [2.05, 4.69) is 42.5 Å². The molecule has 1 heterocycles. The summed E-state index contributed by atoms with van der Waals surface area (Å²) in [5.74, 6) is 3.99. The van der Waals surface area contributed by atoms with Crippen molar-refractivity contribution in [3.8, 4) is 11.5 Å². The molecule has 3 rings (SSSR count). The molecular formula is C22H30N2O2S2. The van der Waals surface area contributed by atoms with Gasteiger partial charge in [0.2, 0.25) is 11.8 Å². The summed E-state index contributed by atoms with van der Waals surface area (Å²) in [5.41, 5.74) is 1.90. The third-order valence-corrected chi connectivity index (χ3v) is 7.44. The molecule has 28 heavy (non-hydrogen) atoms. The summed E-state index contributed by atoms with van der Waals surface area (Å²) in [6, 6.07) is 8.54. The van der Waals surface area contributed by atoms with Crippen LogP contribution in [0.25, 0.3) is 11.5 Å². The molecule has 0 unspecified atom stereocenters. The van der Waals surface area contributed by atoms with Gasteiger partial charge in [-0.25, -0.2) is 4.98 Å². The van der Waals surface area contributed by atoms with Crippen LogP contribution in [-0.4, -0.2) is 28.9 Å². The Balaban J connectivity index is 1.50. The molecule has 0 bridgehead atoms. The first-order valence-electron chi connectivity index (χ1n) is 9.95. The minimum Gasteiger partial charge on any atom is -0.441 e. The van der Waals surface area contributed by atoms with Crippen molar-refractivity contribution in [3.63, 3.8) is 0 Å². The normalized spacial score (nSPS) is 22.2. The number of amides is 1. The maximum Gasteiger partial charge on any atom is 0.230 e. The number of hydrogen-bond acceptors (Lipinski definition) is 5. The summed E-state index contributed by atoms with van der Waals surface area (Å²) < 4.78 is 5.85. The number of carbonyl (C=O) groups is 1. The van der Waals surface area contributed by atoms with Gasteiger partial charge < -0.3 is 9.73 Å². The highest BCUT2D eigenvalue weighted by Gasteiger charge is 2.28. The fourth-order valence-corrected chi connectivity index (χ4v) is 4.93. The third kappa shape index (κ3) is 5.35. The van der Waals surface area contributed by atoms with Gasteiger partial charge in [-0.1, -0.05) is 26.7 Å². The van der Waals surface area contributed by atoms with Crippen LogP contribution in [0.2, 0.25) is 0 Å². The van der Waals surface area contributed by atoms with E-state index >= 15 is 0 Å². The molecule has 0 aliphatic heterocycles. The molecule has 0 spiro atoms. The number of aryl methyl sites for hydroxylation is 1. The van der Waals surface area contributed by atoms with E-state index in [4.69, 9.17) is 4.42 Å². The molecule has 1 aromatic heterocycles. The minimum atomic E-state index is 0.130. The van der Waals surface area contributed by atoms with Crippen molar-refractivity contribution in [2.45, 2.75) is 56.7 Å². The monoisotopic (exact) mass is 418 g/mol. The van der Waals surface area contributed by atoms with Gasteiger partial charge in [0.15, 0.2) is 0 Å². The Bertz CT molecular complexity index is 788. The van der Waals surface area contributed by atoms with Gasteiger partial charge in [-0.15, -0.1) is 23.5 Å². The van der Waals surface area contributed by atoms with Crippen molar-refractivity contribution in [2.75, 3.05) is 12.0 Å². The van der Waals surface area contributed by atoms with E-state index < -0.39 is 0 Å². The first-order valence-corrected chi connectivity index (χ1v) is 12.3. The van der Waals surface area contributed by atoms with Gasteiger partial charge in [-0.05, 0) is 55.7 Å². The zero-order valence-corrected chi connectivity index (χ0v) is 18.8. The molecule has 4 nitrogen and oxygen atoms in total. The highest BCUT2D eigenvalue weighted by atomic mass is 32.2. The molecule has 1 aliphatic rings. The lowest BCUT2D eigenvalue weighted by molar-refractivity contribution is -0.119. The Morgan fingerprint density at radius 2 is 2.00 bits per heavy atom. The minimum absolute atomic E-state index is 0.130. The maximum absolute atomic E-state index is 12.3. The van der Waals surface area contributed by atoms with Crippen LogP contribution in [0.3, 0.4) is 0 Å². The smallest absolute Gasteiger partial charge is 0.230 e. The summed E-state index contributed by atoms with van der Waals surface area (Å²) in [5, 5.41) is 3.24. The summed E-state index contributed by atoms with van der Waals surface area (Å²) in [7, 11) is 0. The van der Waals surface area contributed by atoms with Crippen LogP contribution in [0.4, 0.5) is 0 Å². The number of nitrogens with zero attached hydrogens (tertiary/aromatic N) is 1. The number of aromatic nitrogens is 1. The summed E-state index contributed by atoms with van der Waals surface area (Å²) in [4.78, 5) is 18.2. The van der Waals surface area contributed by atoms with E-state index in [0.29, 0.717) is 35.3 Å². The van der Waals surface area contributed by atoms with Gasteiger partial charge >= 0.3 is 0 Å². The van der Waals surface area contributed by atoms with E-state index in [-0.39, 0.29) is 5.91 Å². The number of rotatable bonds is 7. The molecule has 0 saturated heterocycles. The van der Waals surface area contributed by atoms with Crippen molar-refractivity contribution in [3.05, 3.63) is 35.7 Å². The molecule has 1 saturated carbocycles. The zero-order valence-electron chi connectivity index (χ0n) is 17.2. The number of carbonyl (C=O) groups excluding carboxylic acids is 1. The Kier molecular flexibility index (Phi) is 7.52. The summed E-state index contributed by atoms with van der Waals surface area (Å²) in [6.45, 7) is 6.49. The van der Waals surface area contributed by atoms with E-state index in [0.717, 1.165) is 23.4 Å². The van der Waals surface area contributed by atoms with Crippen molar-refractivity contribution in [1.29, 1.82) is 0 Å². The van der Waals surface area contributed by atoms with E-state index in [1.165, 1.54) is 17.7 Å². The molecule has 0 radical (unpaired) electrons.